The zero-order valence-electron chi connectivity index (χ0n) is 14.6. The van der Waals surface area contributed by atoms with E-state index in [-0.39, 0.29) is 24.0 Å². The first-order chi connectivity index (χ1) is 10.8. The molecule has 0 atom stereocenters. The Morgan fingerprint density at radius 1 is 1.13 bits per heavy atom. The number of nitrogens with one attached hydrogen (secondary N) is 1. The molecule has 1 aliphatic carbocycles. The number of methoxy groups -OCH3 is 1. The number of piperidine rings is 1. The fourth-order valence-electron chi connectivity index (χ4n) is 3.52. The quantitative estimate of drug-likeness (QED) is 0.290. The van der Waals surface area contributed by atoms with E-state index in [0.29, 0.717) is 17.9 Å². The lowest BCUT2D eigenvalue weighted by molar-refractivity contribution is 0.121. The molecular formula is C17H35IN4O. The summed E-state index contributed by atoms with van der Waals surface area (Å²) in [6, 6.07) is 0.544. The average molecular weight is 438 g/mol. The van der Waals surface area contributed by atoms with Crippen LogP contribution >= 0.6 is 24.0 Å². The lowest BCUT2D eigenvalue weighted by atomic mass is 9.97. The lowest BCUT2D eigenvalue weighted by Gasteiger charge is -2.31. The Morgan fingerprint density at radius 2 is 1.78 bits per heavy atom. The number of nitrogens with two attached hydrogens (primary N) is 1. The highest BCUT2D eigenvalue weighted by Gasteiger charge is 2.19. The van der Waals surface area contributed by atoms with Crippen LogP contribution in [0, 0.1) is 5.92 Å². The van der Waals surface area contributed by atoms with Gasteiger partial charge in [0.05, 0.1) is 6.61 Å². The van der Waals surface area contributed by atoms with E-state index in [4.69, 9.17) is 10.5 Å². The smallest absolute Gasteiger partial charge is 0.188 e. The fourth-order valence-corrected chi connectivity index (χ4v) is 3.52. The van der Waals surface area contributed by atoms with Crippen LogP contribution in [-0.2, 0) is 4.74 Å². The third-order valence-electron chi connectivity index (χ3n) is 5.05. The number of guanidine groups is 1. The Morgan fingerprint density at radius 3 is 2.39 bits per heavy atom. The Kier molecular flexibility index (Phi) is 11.2. The minimum atomic E-state index is 0. The van der Waals surface area contributed by atoms with Gasteiger partial charge in [0.25, 0.3) is 0 Å². The van der Waals surface area contributed by atoms with E-state index in [1.165, 1.54) is 64.5 Å². The molecule has 1 saturated carbocycles. The Labute approximate surface area is 158 Å². The van der Waals surface area contributed by atoms with E-state index < -0.39 is 0 Å². The van der Waals surface area contributed by atoms with Crippen LogP contribution in [0.3, 0.4) is 0 Å². The standard InChI is InChI=1S/C17H34N4O.HI/c1-22-13-12-21-10-8-15(9-11-21)14-19-17(18)20-16-6-4-2-3-5-7-16;/h15-16H,2-14H2,1H3,(H3,18,19,20);1H. The van der Waals surface area contributed by atoms with Gasteiger partial charge in [-0.25, -0.2) is 0 Å². The number of hydrogen-bond acceptors (Lipinski definition) is 3. The molecule has 0 radical (unpaired) electrons. The molecule has 0 aromatic carbocycles. The highest BCUT2D eigenvalue weighted by molar-refractivity contribution is 14.0. The summed E-state index contributed by atoms with van der Waals surface area (Å²) in [5, 5.41) is 3.44. The SMILES string of the molecule is COCCN1CCC(CN=C(N)NC2CCCCCC2)CC1.I. The number of aliphatic imine (C=N–C) groups is 1. The van der Waals surface area contributed by atoms with Crippen molar-refractivity contribution in [1.82, 2.24) is 10.2 Å². The molecule has 23 heavy (non-hydrogen) atoms. The van der Waals surface area contributed by atoms with Crippen LogP contribution in [-0.4, -0.2) is 56.8 Å². The predicted octanol–water partition coefficient (Wildman–Crippen LogP) is 2.59. The monoisotopic (exact) mass is 438 g/mol. The maximum Gasteiger partial charge on any atom is 0.188 e. The molecule has 0 unspecified atom stereocenters. The molecule has 0 spiro atoms. The van der Waals surface area contributed by atoms with Crippen LogP contribution in [0.15, 0.2) is 4.99 Å². The van der Waals surface area contributed by atoms with Crippen LogP contribution in [0.4, 0.5) is 0 Å². The minimum Gasteiger partial charge on any atom is -0.383 e. The van der Waals surface area contributed by atoms with Crippen LogP contribution in [0.1, 0.15) is 51.4 Å². The van der Waals surface area contributed by atoms with Crippen molar-refractivity contribution >= 4 is 29.9 Å². The van der Waals surface area contributed by atoms with Crippen molar-refractivity contribution in [3.63, 3.8) is 0 Å². The molecule has 1 heterocycles. The molecule has 0 aromatic heterocycles. The minimum absolute atomic E-state index is 0. The number of likely N-dealkylation sites (tertiary alicyclic amines) is 1. The molecule has 2 aliphatic rings. The van der Waals surface area contributed by atoms with Crippen LogP contribution < -0.4 is 11.1 Å². The van der Waals surface area contributed by atoms with Gasteiger partial charge in [-0.3, -0.25) is 4.99 Å². The maximum absolute atomic E-state index is 6.08. The van der Waals surface area contributed by atoms with Gasteiger partial charge in [0.15, 0.2) is 5.96 Å². The zero-order valence-corrected chi connectivity index (χ0v) is 17.0. The summed E-state index contributed by atoms with van der Waals surface area (Å²) in [6.07, 6.45) is 10.3. The van der Waals surface area contributed by atoms with E-state index in [2.05, 4.69) is 15.2 Å². The maximum atomic E-state index is 6.08. The van der Waals surface area contributed by atoms with Crippen molar-refractivity contribution in [3.05, 3.63) is 0 Å². The summed E-state index contributed by atoms with van der Waals surface area (Å²) in [5.74, 6) is 1.35. The van der Waals surface area contributed by atoms with Crippen LogP contribution in [0.5, 0.6) is 0 Å². The summed E-state index contributed by atoms with van der Waals surface area (Å²) < 4.78 is 5.14. The highest BCUT2D eigenvalue weighted by Crippen LogP contribution is 2.18. The molecule has 1 aliphatic heterocycles. The van der Waals surface area contributed by atoms with Crippen molar-refractivity contribution in [2.45, 2.75) is 57.4 Å². The van der Waals surface area contributed by atoms with Crippen molar-refractivity contribution in [2.24, 2.45) is 16.6 Å². The number of ether oxygens (including phenoxy) is 1. The second kappa shape index (κ2) is 12.3. The van der Waals surface area contributed by atoms with Crippen LogP contribution in [0.25, 0.3) is 0 Å². The summed E-state index contributed by atoms with van der Waals surface area (Å²) in [7, 11) is 1.77. The van der Waals surface area contributed by atoms with Gasteiger partial charge in [-0.15, -0.1) is 24.0 Å². The summed E-state index contributed by atoms with van der Waals surface area (Å²) in [5.41, 5.74) is 6.08. The fraction of sp³-hybridized carbons (Fsp3) is 0.941. The normalized spacial score (nSPS) is 22.4. The Bertz CT molecular complexity index is 325. The van der Waals surface area contributed by atoms with Gasteiger partial charge in [0, 0.05) is 26.2 Å². The second-order valence-electron chi connectivity index (χ2n) is 6.84. The summed E-state index contributed by atoms with van der Waals surface area (Å²) >= 11 is 0. The van der Waals surface area contributed by atoms with Crippen molar-refractivity contribution < 1.29 is 4.74 Å². The molecule has 2 rings (SSSR count). The van der Waals surface area contributed by atoms with Gasteiger partial charge in [0.1, 0.15) is 0 Å². The molecule has 1 saturated heterocycles. The van der Waals surface area contributed by atoms with Crippen molar-refractivity contribution in [3.8, 4) is 0 Å². The van der Waals surface area contributed by atoms with Gasteiger partial charge in [0.2, 0.25) is 0 Å². The van der Waals surface area contributed by atoms with Gasteiger partial charge >= 0.3 is 0 Å². The van der Waals surface area contributed by atoms with E-state index in [1.54, 1.807) is 7.11 Å². The number of halogens is 1. The van der Waals surface area contributed by atoms with Gasteiger partial charge in [-0.05, 0) is 44.7 Å². The van der Waals surface area contributed by atoms with Crippen molar-refractivity contribution in [2.75, 3.05) is 39.9 Å². The van der Waals surface area contributed by atoms with E-state index >= 15 is 0 Å². The van der Waals surface area contributed by atoms with Gasteiger partial charge < -0.3 is 20.7 Å². The molecule has 5 nitrogen and oxygen atoms in total. The first kappa shape index (κ1) is 21.0. The largest absolute Gasteiger partial charge is 0.383 e. The zero-order chi connectivity index (χ0) is 15.6. The summed E-state index contributed by atoms with van der Waals surface area (Å²) in [4.78, 5) is 7.08. The van der Waals surface area contributed by atoms with Gasteiger partial charge in [-0.2, -0.15) is 0 Å². The molecule has 3 N–H and O–H groups in total. The number of hydrogen-bond donors (Lipinski definition) is 2. The number of nitrogens with zero attached hydrogens (tertiary/aromatic N) is 2. The van der Waals surface area contributed by atoms with E-state index in [1.807, 2.05) is 0 Å². The van der Waals surface area contributed by atoms with Crippen molar-refractivity contribution in [1.29, 1.82) is 0 Å². The highest BCUT2D eigenvalue weighted by atomic mass is 127. The molecule has 6 heteroatoms. The molecular weight excluding hydrogens is 403 g/mol. The average Bonchev–Trinajstić information content (AvgIpc) is 2.80. The Hall–Kier alpha value is -0.0800. The Balaban J connectivity index is 0.00000264. The first-order valence-corrected chi connectivity index (χ1v) is 9.05. The predicted molar refractivity (Wildman–Crippen MR) is 108 cm³/mol. The summed E-state index contributed by atoms with van der Waals surface area (Å²) in [6.45, 7) is 5.10. The van der Waals surface area contributed by atoms with Crippen LogP contribution in [0.2, 0.25) is 0 Å². The molecule has 0 amide bonds. The lowest BCUT2D eigenvalue weighted by Crippen LogP contribution is -2.40. The third kappa shape index (κ3) is 8.54. The van der Waals surface area contributed by atoms with Gasteiger partial charge in [-0.1, -0.05) is 25.7 Å². The molecule has 136 valence electrons. The second-order valence-corrected chi connectivity index (χ2v) is 6.84. The molecule has 2 fully saturated rings. The third-order valence-corrected chi connectivity index (χ3v) is 5.05. The molecule has 0 aromatic rings. The molecule has 0 bridgehead atoms. The van der Waals surface area contributed by atoms with E-state index in [0.717, 1.165) is 19.7 Å². The first-order valence-electron chi connectivity index (χ1n) is 9.05. The topological polar surface area (TPSA) is 62.9 Å². The number of rotatable bonds is 6. The van der Waals surface area contributed by atoms with E-state index in [9.17, 15) is 0 Å².